The van der Waals surface area contributed by atoms with Gasteiger partial charge in [-0.2, -0.15) is 0 Å². The molecule has 5 aromatic rings. The standard InChI is InChI=1S/C31H20Cl2N2O4/c32-19-13-14-23(33)22(17-19)25-15-16-26(38-25)28-27-29(39-35(28)20-9-2-1-3-10-20)31(37)34(30(27)36)24-12-6-8-18-7-4-5-11-21(18)24/h1-17,27-29H/t27-,28-,29-/m1/s1. The van der Waals surface area contributed by atoms with Gasteiger partial charge in [-0.3, -0.25) is 14.4 Å². The molecule has 0 spiro atoms. The minimum Gasteiger partial charge on any atom is -0.459 e. The highest BCUT2D eigenvalue weighted by molar-refractivity contribution is 6.35. The summed E-state index contributed by atoms with van der Waals surface area (Å²) in [5.41, 5.74) is 1.87. The van der Waals surface area contributed by atoms with Gasteiger partial charge in [0.2, 0.25) is 5.91 Å². The summed E-state index contributed by atoms with van der Waals surface area (Å²) in [5, 5.41) is 4.35. The van der Waals surface area contributed by atoms with Crippen LogP contribution < -0.4 is 9.96 Å². The molecule has 8 heteroatoms. The minimum absolute atomic E-state index is 0.344. The predicted octanol–water partition coefficient (Wildman–Crippen LogP) is 7.46. The summed E-state index contributed by atoms with van der Waals surface area (Å²) in [6, 6.07) is 30.6. The average Bonchev–Trinajstić information content (AvgIpc) is 3.65. The lowest BCUT2D eigenvalue weighted by Crippen LogP contribution is -2.37. The molecule has 2 aliphatic rings. The number of carbonyl (C=O) groups excluding carboxylic acids is 2. The van der Waals surface area contributed by atoms with E-state index in [4.69, 9.17) is 32.5 Å². The van der Waals surface area contributed by atoms with Crippen LogP contribution in [0.2, 0.25) is 10.0 Å². The molecular weight excluding hydrogens is 535 g/mol. The number of furan rings is 1. The lowest BCUT2D eigenvalue weighted by molar-refractivity contribution is -0.126. The maximum atomic E-state index is 14.1. The van der Waals surface area contributed by atoms with Crippen LogP contribution in [-0.2, 0) is 14.4 Å². The van der Waals surface area contributed by atoms with Crippen molar-refractivity contribution in [2.24, 2.45) is 5.92 Å². The summed E-state index contributed by atoms with van der Waals surface area (Å²) in [6.45, 7) is 0. The van der Waals surface area contributed by atoms with Crippen LogP contribution >= 0.6 is 23.2 Å². The maximum absolute atomic E-state index is 14.1. The van der Waals surface area contributed by atoms with Crippen molar-refractivity contribution >= 4 is 57.2 Å². The Morgan fingerprint density at radius 3 is 2.36 bits per heavy atom. The molecule has 2 amide bonds. The smallest absolute Gasteiger partial charge is 0.266 e. The van der Waals surface area contributed by atoms with Crippen molar-refractivity contribution in [1.29, 1.82) is 0 Å². The van der Waals surface area contributed by atoms with E-state index in [1.54, 1.807) is 41.5 Å². The number of fused-ring (bicyclic) bond motifs is 2. The first-order valence-corrected chi connectivity index (χ1v) is 13.2. The van der Waals surface area contributed by atoms with Crippen molar-refractivity contribution in [2.75, 3.05) is 9.96 Å². The molecule has 7 rings (SSSR count). The van der Waals surface area contributed by atoms with Gasteiger partial charge in [-0.15, -0.1) is 0 Å². The molecule has 192 valence electrons. The third-order valence-electron chi connectivity index (χ3n) is 7.25. The molecule has 6 nitrogen and oxygen atoms in total. The summed E-state index contributed by atoms with van der Waals surface area (Å²) in [5.74, 6) is -0.613. The average molecular weight is 555 g/mol. The monoisotopic (exact) mass is 554 g/mol. The predicted molar refractivity (Wildman–Crippen MR) is 151 cm³/mol. The molecular formula is C31H20Cl2N2O4. The van der Waals surface area contributed by atoms with Crippen LogP contribution in [0.25, 0.3) is 22.1 Å². The van der Waals surface area contributed by atoms with E-state index in [1.807, 2.05) is 66.7 Å². The van der Waals surface area contributed by atoms with E-state index >= 15 is 0 Å². The number of nitrogens with zero attached hydrogens (tertiary/aromatic N) is 2. The third-order valence-corrected chi connectivity index (χ3v) is 7.81. The molecule has 2 aliphatic heterocycles. The van der Waals surface area contributed by atoms with Crippen LogP contribution in [0.3, 0.4) is 0 Å². The number of para-hydroxylation sites is 1. The number of hydrogen-bond acceptors (Lipinski definition) is 5. The largest absolute Gasteiger partial charge is 0.459 e. The number of carbonyl (C=O) groups is 2. The first kappa shape index (κ1) is 24.0. The molecule has 0 bridgehead atoms. The number of benzene rings is 4. The molecule has 4 aromatic carbocycles. The van der Waals surface area contributed by atoms with Gasteiger partial charge in [0.05, 0.1) is 16.4 Å². The van der Waals surface area contributed by atoms with E-state index in [9.17, 15) is 9.59 Å². The van der Waals surface area contributed by atoms with Crippen molar-refractivity contribution in [3.05, 3.63) is 119 Å². The number of anilines is 2. The van der Waals surface area contributed by atoms with Crippen molar-refractivity contribution in [2.45, 2.75) is 12.1 Å². The second-order valence-electron chi connectivity index (χ2n) is 9.49. The van der Waals surface area contributed by atoms with Gasteiger partial charge in [0.15, 0.2) is 6.10 Å². The Labute approximate surface area is 233 Å². The van der Waals surface area contributed by atoms with E-state index < -0.39 is 24.0 Å². The molecule has 3 atom stereocenters. The minimum atomic E-state index is -1.01. The molecule has 0 N–H and O–H groups in total. The number of hydroxylamine groups is 1. The quantitative estimate of drug-likeness (QED) is 0.216. The van der Waals surface area contributed by atoms with E-state index in [0.717, 1.165) is 10.8 Å². The van der Waals surface area contributed by atoms with Gasteiger partial charge in [0.25, 0.3) is 5.91 Å². The van der Waals surface area contributed by atoms with Gasteiger partial charge in [-0.1, -0.05) is 77.8 Å². The van der Waals surface area contributed by atoms with Gasteiger partial charge in [0, 0.05) is 16.0 Å². The Kier molecular flexibility index (Phi) is 5.70. The highest BCUT2D eigenvalue weighted by atomic mass is 35.5. The SMILES string of the molecule is O=C1[C@@H]2[C@@H](c3ccc(-c4cc(Cl)ccc4Cl)o3)N(c3ccccc3)O[C@H]2C(=O)N1c1cccc2ccccc12. The van der Waals surface area contributed by atoms with Crippen LogP contribution in [0.4, 0.5) is 11.4 Å². The topological polar surface area (TPSA) is 63.0 Å². The van der Waals surface area contributed by atoms with Crippen LogP contribution in [0.15, 0.2) is 108 Å². The molecule has 0 radical (unpaired) electrons. The highest BCUT2D eigenvalue weighted by Crippen LogP contribution is 2.49. The van der Waals surface area contributed by atoms with Crippen LogP contribution in [0.5, 0.6) is 0 Å². The zero-order valence-corrected chi connectivity index (χ0v) is 21.8. The highest BCUT2D eigenvalue weighted by Gasteiger charge is 2.61. The van der Waals surface area contributed by atoms with Gasteiger partial charge >= 0.3 is 0 Å². The number of amides is 2. The fraction of sp³-hybridized carbons (Fsp3) is 0.0968. The van der Waals surface area contributed by atoms with Gasteiger partial charge in [0.1, 0.15) is 23.5 Å². The van der Waals surface area contributed by atoms with Crippen molar-refractivity contribution < 1.29 is 18.8 Å². The Hall–Kier alpha value is -4.10. The van der Waals surface area contributed by atoms with Gasteiger partial charge in [-0.05, 0) is 53.9 Å². The number of hydrogen-bond donors (Lipinski definition) is 0. The first-order valence-electron chi connectivity index (χ1n) is 12.4. The third kappa shape index (κ3) is 3.83. The summed E-state index contributed by atoms with van der Waals surface area (Å²) in [6.07, 6.45) is -1.01. The molecule has 0 aliphatic carbocycles. The molecule has 39 heavy (non-hydrogen) atoms. The molecule has 2 saturated heterocycles. The number of rotatable bonds is 4. The summed E-state index contributed by atoms with van der Waals surface area (Å²) >= 11 is 12.6. The summed E-state index contributed by atoms with van der Waals surface area (Å²) in [4.78, 5) is 35.4. The normalized spacial score (nSPS) is 20.7. The fourth-order valence-electron chi connectivity index (χ4n) is 5.49. The molecule has 0 saturated carbocycles. The lowest BCUT2D eigenvalue weighted by Gasteiger charge is -2.27. The summed E-state index contributed by atoms with van der Waals surface area (Å²) < 4.78 is 6.30. The van der Waals surface area contributed by atoms with Crippen molar-refractivity contribution in [3.63, 3.8) is 0 Å². The Bertz CT molecular complexity index is 1750. The van der Waals surface area contributed by atoms with Crippen LogP contribution in [0, 0.1) is 5.92 Å². The zero-order valence-electron chi connectivity index (χ0n) is 20.3. The Morgan fingerprint density at radius 1 is 0.744 bits per heavy atom. The summed E-state index contributed by atoms with van der Waals surface area (Å²) in [7, 11) is 0. The Balaban J connectivity index is 1.33. The molecule has 0 unspecified atom stereocenters. The van der Waals surface area contributed by atoms with Crippen LogP contribution in [0.1, 0.15) is 11.8 Å². The number of imide groups is 1. The molecule has 1 aromatic heterocycles. The van der Waals surface area contributed by atoms with E-state index in [2.05, 4.69) is 0 Å². The van der Waals surface area contributed by atoms with E-state index in [1.165, 1.54) is 4.90 Å². The van der Waals surface area contributed by atoms with Crippen molar-refractivity contribution in [3.8, 4) is 11.3 Å². The van der Waals surface area contributed by atoms with Crippen LogP contribution in [-0.4, -0.2) is 17.9 Å². The van der Waals surface area contributed by atoms with Crippen molar-refractivity contribution in [1.82, 2.24) is 0 Å². The molecule has 2 fully saturated rings. The second-order valence-corrected chi connectivity index (χ2v) is 10.3. The number of halogens is 2. The van der Waals surface area contributed by atoms with Gasteiger partial charge < -0.3 is 4.42 Å². The second kappa shape index (κ2) is 9.27. The Morgan fingerprint density at radius 2 is 1.51 bits per heavy atom. The maximum Gasteiger partial charge on any atom is 0.266 e. The fourth-order valence-corrected chi connectivity index (χ4v) is 5.87. The van der Waals surface area contributed by atoms with E-state index in [-0.39, 0.29) is 5.91 Å². The van der Waals surface area contributed by atoms with Gasteiger partial charge in [-0.25, -0.2) is 9.96 Å². The zero-order chi connectivity index (χ0) is 26.7. The lowest BCUT2D eigenvalue weighted by atomic mass is 9.94. The first-order chi connectivity index (χ1) is 19.0. The van der Waals surface area contributed by atoms with E-state index in [0.29, 0.717) is 38.5 Å². The molecule has 3 heterocycles.